The fourth-order valence-electron chi connectivity index (χ4n) is 11.2. The number of carbonyl (C=O) groups excluding carboxylic acids is 2. The minimum absolute atomic E-state index is 0.175. The van der Waals surface area contributed by atoms with Crippen molar-refractivity contribution in [2.75, 3.05) is 19.6 Å². The average Bonchev–Trinajstić information content (AvgIpc) is 1.02. The van der Waals surface area contributed by atoms with Crippen LogP contribution in [-0.2, 0) is 31.1 Å². The summed E-state index contributed by atoms with van der Waals surface area (Å²) in [5.74, 6) is 2.39. The lowest BCUT2D eigenvalue weighted by Crippen LogP contribution is -2.27. The van der Waals surface area contributed by atoms with Crippen molar-refractivity contribution >= 4 is 71.8 Å². The van der Waals surface area contributed by atoms with Gasteiger partial charge in [0.15, 0.2) is 0 Å². The van der Waals surface area contributed by atoms with Crippen LogP contribution in [0.15, 0.2) is 154 Å². The molecule has 0 aliphatic rings. The number of halogens is 2. The number of phenols is 2. The maximum absolute atomic E-state index is 13.2. The molecule has 101 heavy (non-hydrogen) atoms. The summed E-state index contributed by atoms with van der Waals surface area (Å²) in [5, 5.41) is 21.0. The Labute approximate surface area is 612 Å². The van der Waals surface area contributed by atoms with Crippen LogP contribution in [0.3, 0.4) is 0 Å². The fraction of sp³-hybridized carbons (Fsp3) is 0.393. The van der Waals surface area contributed by atoms with E-state index in [2.05, 4.69) is 147 Å². The number of fused-ring (bicyclic) bond motifs is 3. The Morgan fingerprint density at radius 3 is 1.07 bits per heavy atom. The molecule has 8 aromatic carbocycles. The number of nitrogens with zero attached hydrogens (tertiary/aromatic N) is 1. The SMILES string of the molecule is CCN(CC)CC.Cc1cc(-c2cc(C)cc(C(C)(C)C)c2Op2oc3ccccc3c3ccccc3o2)c(OC(=O)OC(C)(C)C)c(C(C)(C)C)c1.Oc1ccccc1-c1ccccc1O.[CH2+]C(C)(C)OC(=O)Oc1c(-c2cc(C)cc(C(C)(C)C)c2OP(Cl)Cl)cc(C)cc1C(C)(C)C. The van der Waals surface area contributed by atoms with Crippen LogP contribution in [0.2, 0.25) is 0 Å². The van der Waals surface area contributed by atoms with Crippen LogP contribution in [0.25, 0.3) is 55.3 Å². The first-order valence-electron chi connectivity index (χ1n) is 34.2. The standard InChI is InChI=1S/C39H45O6P.C27H36Cl2O4P.C12H10O2.C6H15N/c1-24-20-28(34(30(22-24)37(3,4)5)41-36(40)42-39(9,10)11)29-21-25(2)23-31(38(6,7)8)35(29)45-46-43-32-18-14-12-16-26(32)27-17-13-15-19-33(27)44-46;1-16-12-18(19-13-17(2)15-21(26(6,7)8)23(19)33-34(28)29)22(20(14-16)25(3,4)5)31-24(30)32-27(9,10)11;13-11-7-3-1-5-9(11)10-6-2-4-8-12(10)14;1-4-7(5-2)6-3/h12-23H,1-11H3;12-15H,9H2,1-8,10-11H3;1-8,13-14H;4-6H2,1-3H3/q;+1;;. The topological polar surface area (TPSA) is 160 Å². The van der Waals surface area contributed by atoms with Gasteiger partial charge in [-0.05, 0) is 183 Å². The van der Waals surface area contributed by atoms with Gasteiger partial charge in [-0.15, -0.1) is 0 Å². The molecule has 9 aromatic rings. The summed E-state index contributed by atoms with van der Waals surface area (Å²) in [6.45, 7) is 54.5. The number of carbonyl (C=O) groups is 2. The van der Waals surface area contributed by atoms with E-state index < -0.39 is 38.6 Å². The minimum Gasteiger partial charge on any atom is -0.507 e. The predicted molar refractivity (Wildman–Crippen MR) is 421 cm³/mol. The van der Waals surface area contributed by atoms with Crippen molar-refractivity contribution in [2.45, 2.75) is 199 Å². The van der Waals surface area contributed by atoms with Crippen molar-refractivity contribution in [3.63, 3.8) is 0 Å². The lowest BCUT2D eigenvalue weighted by Gasteiger charge is -2.28. The molecule has 0 atom stereocenters. The summed E-state index contributed by atoms with van der Waals surface area (Å²) in [7, 11) is -1.94. The van der Waals surface area contributed by atoms with Crippen LogP contribution in [0.1, 0.15) is 183 Å². The number of phenolic OH excluding ortho intramolecular Hbond substituents is 2. The number of hydrogen-bond donors (Lipinski definition) is 2. The molecule has 0 saturated carbocycles. The second kappa shape index (κ2) is 34.0. The highest BCUT2D eigenvalue weighted by molar-refractivity contribution is 8.00. The molecule has 9 rings (SSSR count). The van der Waals surface area contributed by atoms with E-state index in [0.29, 0.717) is 50.9 Å². The van der Waals surface area contributed by atoms with Gasteiger partial charge in [-0.3, -0.25) is 0 Å². The van der Waals surface area contributed by atoms with Crippen LogP contribution < -0.4 is 18.5 Å². The summed E-state index contributed by atoms with van der Waals surface area (Å²) in [5.41, 5.74) is 10.5. The molecule has 0 saturated heterocycles. The number of aryl methyl sites for hydroxylation is 4. The highest BCUT2D eigenvalue weighted by Gasteiger charge is 2.34. The number of para-hydroxylation sites is 4. The Kier molecular flexibility index (Phi) is 27.7. The Hall–Kier alpha value is -7.76. The zero-order valence-corrected chi connectivity index (χ0v) is 67.1. The molecule has 1 heterocycles. The monoisotopic (exact) mass is 1450 g/mol. The first-order chi connectivity index (χ1) is 46.8. The molecular formula is C84H106Cl2NO12P2+. The summed E-state index contributed by atoms with van der Waals surface area (Å²) in [4.78, 5) is 28.4. The third-order valence-electron chi connectivity index (χ3n) is 16.0. The van der Waals surface area contributed by atoms with Gasteiger partial charge in [0.05, 0.1) is 0 Å². The number of rotatable bonds is 13. The number of ether oxygens (including phenoxy) is 4. The maximum Gasteiger partial charge on any atom is 0.517 e. The van der Waals surface area contributed by atoms with Crippen LogP contribution in [-0.4, -0.2) is 58.3 Å². The molecule has 17 heteroatoms. The van der Waals surface area contributed by atoms with E-state index in [-0.39, 0.29) is 33.2 Å². The van der Waals surface area contributed by atoms with E-state index in [4.69, 9.17) is 58.9 Å². The minimum atomic E-state index is -1.94. The van der Waals surface area contributed by atoms with Gasteiger partial charge in [0.2, 0.25) is 5.60 Å². The molecule has 542 valence electrons. The molecule has 0 spiro atoms. The van der Waals surface area contributed by atoms with Gasteiger partial charge in [0.25, 0.3) is 6.85 Å². The Balaban J connectivity index is 0.000000253. The third kappa shape index (κ3) is 23.1. The zero-order chi connectivity index (χ0) is 75.5. The molecule has 0 amide bonds. The van der Waals surface area contributed by atoms with Crippen molar-refractivity contribution in [1.29, 1.82) is 0 Å². The van der Waals surface area contributed by atoms with Gasteiger partial charge >= 0.3 is 20.6 Å². The molecule has 0 bridgehead atoms. The summed E-state index contributed by atoms with van der Waals surface area (Å²) in [6.07, 6.45) is -1.58. The van der Waals surface area contributed by atoms with Crippen LogP contribution >= 0.6 is 37.6 Å². The third-order valence-corrected chi connectivity index (χ3v) is 17.8. The van der Waals surface area contributed by atoms with E-state index in [1.807, 2.05) is 126 Å². The largest absolute Gasteiger partial charge is 0.517 e. The molecular weight excluding hydrogens is 1350 g/mol. The number of benzene rings is 8. The molecule has 0 fully saturated rings. The van der Waals surface area contributed by atoms with Crippen molar-refractivity contribution < 1.29 is 56.2 Å². The second-order valence-corrected chi connectivity index (χ2v) is 34.9. The Morgan fingerprint density at radius 1 is 0.446 bits per heavy atom. The van der Waals surface area contributed by atoms with Crippen molar-refractivity contribution in [1.82, 2.24) is 4.90 Å². The lowest BCUT2D eigenvalue weighted by atomic mass is 9.80. The molecule has 0 aliphatic heterocycles. The van der Waals surface area contributed by atoms with Gasteiger partial charge in [0.1, 0.15) is 58.2 Å². The predicted octanol–water partition coefficient (Wildman–Crippen LogP) is 26.2. The quantitative estimate of drug-likeness (QED) is 0.0486. The molecule has 0 aliphatic carbocycles. The lowest BCUT2D eigenvalue weighted by molar-refractivity contribution is 0.0202. The fourth-order valence-corrected chi connectivity index (χ4v) is 13.0. The van der Waals surface area contributed by atoms with Gasteiger partial charge in [-0.1, -0.05) is 201 Å². The van der Waals surface area contributed by atoms with Gasteiger partial charge < -0.3 is 51.5 Å². The van der Waals surface area contributed by atoms with E-state index in [1.165, 1.54) is 19.6 Å². The van der Waals surface area contributed by atoms with Crippen LogP contribution in [0, 0.1) is 34.6 Å². The Morgan fingerprint density at radius 2 is 0.752 bits per heavy atom. The summed E-state index contributed by atoms with van der Waals surface area (Å²) in [6, 6.07) is 46.0. The summed E-state index contributed by atoms with van der Waals surface area (Å²) >= 11 is 12.3. The molecule has 0 radical (unpaired) electrons. The molecule has 1 aromatic heterocycles. The Bertz CT molecular complexity index is 4270. The first kappa shape index (κ1) is 82.2. The number of aromatic hydroxyl groups is 2. The second-order valence-electron chi connectivity index (χ2n) is 31.0. The van der Waals surface area contributed by atoms with E-state index >= 15 is 0 Å². The van der Waals surface area contributed by atoms with Crippen LogP contribution in [0.5, 0.6) is 34.5 Å². The van der Waals surface area contributed by atoms with Gasteiger partial charge in [-0.25, -0.2) is 9.59 Å². The maximum atomic E-state index is 13.2. The zero-order valence-electron chi connectivity index (χ0n) is 63.8. The molecule has 13 nitrogen and oxygen atoms in total. The van der Waals surface area contributed by atoms with E-state index in [9.17, 15) is 19.8 Å². The van der Waals surface area contributed by atoms with Crippen molar-refractivity contribution in [3.8, 4) is 67.9 Å². The van der Waals surface area contributed by atoms with Crippen molar-refractivity contribution in [3.05, 3.63) is 197 Å². The van der Waals surface area contributed by atoms with Crippen LogP contribution in [0.4, 0.5) is 9.59 Å². The van der Waals surface area contributed by atoms with Crippen molar-refractivity contribution in [2.24, 2.45) is 0 Å². The number of hydrogen-bond acceptors (Lipinski definition) is 13. The van der Waals surface area contributed by atoms with E-state index in [0.717, 1.165) is 72.0 Å². The van der Waals surface area contributed by atoms with Gasteiger partial charge in [-0.2, -0.15) is 0 Å². The first-order valence-corrected chi connectivity index (χ1v) is 38.4. The average molecular weight is 1450 g/mol. The highest BCUT2D eigenvalue weighted by atomic mass is 35.9. The van der Waals surface area contributed by atoms with E-state index in [1.54, 1.807) is 50.2 Å². The smallest absolute Gasteiger partial charge is 0.507 e. The normalized spacial score (nSPS) is 12.0. The highest BCUT2D eigenvalue weighted by Crippen LogP contribution is 2.56. The molecule has 0 unspecified atom stereocenters. The summed E-state index contributed by atoms with van der Waals surface area (Å²) < 4.78 is 49.0. The van der Waals surface area contributed by atoms with Gasteiger partial charge in [0, 0.05) is 80.3 Å². The molecule has 2 N–H and O–H groups in total.